The maximum absolute atomic E-state index is 14.6. The number of hydrogen-bond acceptors (Lipinski definition) is 5. The van der Waals surface area contributed by atoms with Crippen LogP contribution in [0, 0.1) is 5.82 Å². The van der Waals surface area contributed by atoms with E-state index in [1.807, 2.05) is 29.3 Å². The van der Waals surface area contributed by atoms with E-state index in [0.717, 1.165) is 17.1 Å². The van der Waals surface area contributed by atoms with Gasteiger partial charge in [0.25, 0.3) is 0 Å². The zero-order valence-electron chi connectivity index (χ0n) is 13.5. The molecule has 7 heteroatoms. The molecular weight excluding hydrogens is 321 g/mol. The zero-order chi connectivity index (χ0) is 17.2. The van der Waals surface area contributed by atoms with Gasteiger partial charge in [0.2, 0.25) is 0 Å². The van der Waals surface area contributed by atoms with Crippen LogP contribution in [0.15, 0.2) is 55.2 Å². The molecule has 6 nitrogen and oxygen atoms in total. The molecule has 1 aliphatic heterocycles. The van der Waals surface area contributed by atoms with Gasteiger partial charge in [0.05, 0.1) is 6.10 Å². The van der Waals surface area contributed by atoms with Gasteiger partial charge >= 0.3 is 0 Å². The number of rotatable bonds is 4. The van der Waals surface area contributed by atoms with Crippen LogP contribution in [-0.2, 0) is 4.74 Å². The van der Waals surface area contributed by atoms with E-state index in [2.05, 4.69) is 9.97 Å². The van der Waals surface area contributed by atoms with Crippen LogP contribution in [0.3, 0.4) is 0 Å². The van der Waals surface area contributed by atoms with Gasteiger partial charge in [0.1, 0.15) is 24.7 Å². The quantitative estimate of drug-likeness (QED) is 0.789. The molecule has 1 atom stereocenters. The fourth-order valence-corrected chi connectivity index (χ4v) is 2.90. The van der Waals surface area contributed by atoms with E-state index in [1.165, 1.54) is 6.07 Å². The predicted octanol–water partition coefficient (Wildman–Crippen LogP) is 2.19. The van der Waals surface area contributed by atoms with E-state index >= 15 is 0 Å². The molecule has 3 aromatic rings. The van der Waals surface area contributed by atoms with E-state index in [0.29, 0.717) is 25.4 Å². The second kappa shape index (κ2) is 6.62. The van der Waals surface area contributed by atoms with Gasteiger partial charge in [-0.1, -0.05) is 0 Å². The molecule has 0 saturated carbocycles. The topological polar surface area (TPSA) is 69.2 Å². The van der Waals surface area contributed by atoms with Crippen molar-refractivity contribution in [3.8, 4) is 16.9 Å². The van der Waals surface area contributed by atoms with Gasteiger partial charge in [-0.2, -0.15) is 0 Å². The lowest BCUT2D eigenvalue weighted by Gasteiger charge is -2.17. The lowest BCUT2D eigenvalue weighted by atomic mass is 10.1. The number of aromatic nitrogens is 3. The molecule has 25 heavy (non-hydrogen) atoms. The number of nitrogens with two attached hydrogens (primary N) is 1. The molecular formula is C18H18FN5O. The largest absolute Gasteiger partial charge is 0.355 e. The molecule has 4 rings (SSSR count). The summed E-state index contributed by atoms with van der Waals surface area (Å²) in [6.07, 6.45) is 6.83. The Hall–Kier alpha value is -2.77. The SMILES string of the molecule is NC[C@H]1CN(c2ccc(-c3ccc(-n4ccnc4)nc3)c(F)c2)CO1. The van der Waals surface area contributed by atoms with E-state index in [1.54, 1.807) is 29.4 Å². The minimum atomic E-state index is -0.286. The van der Waals surface area contributed by atoms with Crippen molar-refractivity contribution in [2.75, 3.05) is 24.7 Å². The van der Waals surface area contributed by atoms with E-state index in [-0.39, 0.29) is 11.9 Å². The monoisotopic (exact) mass is 339 g/mol. The number of pyridine rings is 1. The van der Waals surface area contributed by atoms with Crippen LogP contribution in [0.25, 0.3) is 16.9 Å². The average molecular weight is 339 g/mol. The van der Waals surface area contributed by atoms with E-state index in [9.17, 15) is 4.39 Å². The summed E-state index contributed by atoms with van der Waals surface area (Å²) in [6, 6.07) is 8.88. The number of halogens is 1. The summed E-state index contributed by atoms with van der Waals surface area (Å²) in [5.74, 6) is 0.450. The Morgan fingerprint density at radius 1 is 1.28 bits per heavy atom. The first-order valence-corrected chi connectivity index (χ1v) is 8.05. The van der Waals surface area contributed by atoms with Gasteiger partial charge in [-0.15, -0.1) is 0 Å². The fraction of sp³-hybridized carbons (Fsp3) is 0.222. The normalized spacial score (nSPS) is 17.2. The Balaban J connectivity index is 1.57. The van der Waals surface area contributed by atoms with Crippen molar-refractivity contribution in [3.63, 3.8) is 0 Å². The van der Waals surface area contributed by atoms with Crippen molar-refractivity contribution in [1.29, 1.82) is 0 Å². The molecule has 2 aromatic heterocycles. The summed E-state index contributed by atoms with van der Waals surface area (Å²) in [5, 5.41) is 0. The summed E-state index contributed by atoms with van der Waals surface area (Å²) >= 11 is 0. The maximum atomic E-state index is 14.6. The molecule has 0 radical (unpaired) electrons. The highest BCUT2D eigenvalue weighted by Crippen LogP contribution is 2.28. The lowest BCUT2D eigenvalue weighted by molar-refractivity contribution is 0.122. The van der Waals surface area contributed by atoms with Gasteiger partial charge in [0, 0.05) is 48.5 Å². The number of benzene rings is 1. The maximum Gasteiger partial charge on any atom is 0.137 e. The Labute approximate surface area is 144 Å². The summed E-state index contributed by atoms with van der Waals surface area (Å²) in [5.41, 5.74) is 7.65. The first kappa shape index (κ1) is 15.7. The molecule has 3 heterocycles. The van der Waals surface area contributed by atoms with Crippen LogP contribution in [0.5, 0.6) is 0 Å². The second-order valence-corrected chi connectivity index (χ2v) is 5.92. The van der Waals surface area contributed by atoms with Crippen LogP contribution < -0.4 is 10.6 Å². The number of nitrogens with zero attached hydrogens (tertiary/aromatic N) is 4. The highest BCUT2D eigenvalue weighted by Gasteiger charge is 2.22. The molecule has 0 amide bonds. The third-order valence-electron chi connectivity index (χ3n) is 4.30. The molecule has 1 aliphatic rings. The third-order valence-corrected chi connectivity index (χ3v) is 4.30. The first-order chi connectivity index (χ1) is 12.2. The number of hydrogen-bond donors (Lipinski definition) is 1. The molecule has 0 unspecified atom stereocenters. The van der Waals surface area contributed by atoms with Crippen molar-refractivity contribution < 1.29 is 9.13 Å². The Kier molecular flexibility index (Phi) is 4.17. The van der Waals surface area contributed by atoms with Crippen molar-refractivity contribution in [3.05, 3.63) is 61.1 Å². The van der Waals surface area contributed by atoms with Gasteiger partial charge in [-0.05, 0) is 30.3 Å². The predicted molar refractivity (Wildman–Crippen MR) is 92.9 cm³/mol. The van der Waals surface area contributed by atoms with Crippen molar-refractivity contribution in [1.82, 2.24) is 14.5 Å². The average Bonchev–Trinajstić information content (AvgIpc) is 3.34. The third kappa shape index (κ3) is 3.11. The fourth-order valence-electron chi connectivity index (χ4n) is 2.90. The Morgan fingerprint density at radius 2 is 2.20 bits per heavy atom. The van der Waals surface area contributed by atoms with Crippen molar-refractivity contribution in [2.24, 2.45) is 5.73 Å². The highest BCUT2D eigenvalue weighted by atomic mass is 19.1. The van der Waals surface area contributed by atoms with Gasteiger partial charge in [0.15, 0.2) is 0 Å². The molecule has 0 spiro atoms. The van der Waals surface area contributed by atoms with Crippen LogP contribution in [-0.4, -0.2) is 40.5 Å². The van der Waals surface area contributed by atoms with Gasteiger partial charge in [-0.25, -0.2) is 14.4 Å². The molecule has 128 valence electrons. The number of ether oxygens (including phenoxy) is 1. The van der Waals surface area contributed by atoms with E-state index in [4.69, 9.17) is 10.5 Å². The minimum Gasteiger partial charge on any atom is -0.355 e. The van der Waals surface area contributed by atoms with Crippen molar-refractivity contribution in [2.45, 2.75) is 6.10 Å². The van der Waals surface area contributed by atoms with Crippen molar-refractivity contribution >= 4 is 5.69 Å². The van der Waals surface area contributed by atoms with Crippen LogP contribution in [0.4, 0.5) is 10.1 Å². The highest BCUT2D eigenvalue weighted by molar-refractivity contribution is 5.67. The second-order valence-electron chi connectivity index (χ2n) is 5.92. The number of anilines is 1. The Morgan fingerprint density at radius 3 is 2.84 bits per heavy atom. The van der Waals surface area contributed by atoms with E-state index < -0.39 is 0 Å². The first-order valence-electron chi connectivity index (χ1n) is 8.05. The minimum absolute atomic E-state index is 0.00246. The summed E-state index contributed by atoms with van der Waals surface area (Å²) in [4.78, 5) is 10.3. The molecule has 0 aliphatic carbocycles. The molecule has 0 bridgehead atoms. The number of imidazole rings is 1. The molecule has 2 N–H and O–H groups in total. The zero-order valence-corrected chi connectivity index (χ0v) is 13.5. The summed E-state index contributed by atoms with van der Waals surface area (Å²) < 4.78 is 21.9. The lowest BCUT2D eigenvalue weighted by Crippen LogP contribution is -2.26. The summed E-state index contributed by atoms with van der Waals surface area (Å²) in [7, 11) is 0. The summed E-state index contributed by atoms with van der Waals surface area (Å²) in [6.45, 7) is 1.57. The molecule has 1 saturated heterocycles. The van der Waals surface area contributed by atoms with Crippen LogP contribution in [0.1, 0.15) is 0 Å². The van der Waals surface area contributed by atoms with Gasteiger partial charge in [-0.3, -0.25) is 4.57 Å². The van der Waals surface area contributed by atoms with Gasteiger partial charge < -0.3 is 15.4 Å². The van der Waals surface area contributed by atoms with Crippen LogP contribution >= 0.6 is 0 Å². The van der Waals surface area contributed by atoms with Crippen LogP contribution in [0.2, 0.25) is 0 Å². The molecule has 1 fully saturated rings. The standard InChI is InChI=1S/C18H18FN5O/c19-17-7-14(24-10-15(8-20)25-12-24)2-3-16(17)13-1-4-18(22-9-13)23-6-5-21-11-23/h1-7,9,11,15H,8,10,12,20H2/t15-/m0/s1. The molecule has 1 aromatic carbocycles. The Bertz CT molecular complexity index is 850. The smallest absolute Gasteiger partial charge is 0.137 e.